The first-order chi connectivity index (χ1) is 8.15. The van der Waals surface area contributed by atoms with Gasteiger partial charge in [0.1, 0.15) is 5.82 Å². The molecule has 2 rings (SSSR count). The fourth-order valence-corrected chi connectivity index (χ4v) is 2.56. The molecular weight excluding hydrogens is 239 g/mol. The van der Waals surface area contributed by atoms with Gasteiger partial charge in [0.05, 0.1) is 5.69 Å². The third kappa shape index (κ3) is 2.90. The fourth-order valence-electron chi connectivity index (χ4n) is 2.38. The molecule has 4 heteroatoms. The second-order valence-electron chi connectivity index (χ2n) is 4.86. The third-order valence-electron chi connectivity index (χ3n) is 3.55. The molecule has 1 aromatic carbocycles. The van der Waals surface area contributed by atoms with Gasteiger partial charge in [-0.3, -0.25) is 0 Å². The van der Waals surface area contributed by atoms with Gasteiger partial charge in [-0.15, -0.1) is 0 Å². The largest absolute Gasteiger partial charge is 0.382 e. The Morgan fingerprint density at radius 3 is 2.71 bits per heavy atom. The van der Waals surface area contributed by atoms with E-state index in [-0.39, 0.29) is 11.2 Å². The highest BCUT2D eigenvalue weighted by Gasteiger charge is 2.36. The summed E-state index contributed by atoms with van der Waals surface area (Å²) in [7, 11) is 1.96. The SMILES string of the molecule is CNCC1(CNc2cc(Cl)ccc2F)CCC1. The lowest BCUT2D eigenvalue weighted by Gasteiger charge is -2.42. The fraction of sp³-hybridized carbons (Fsp3) is 0.538. The maximum Gasteiger partial charge on any atom is 0.146 e. The second kappa shape index (κ2) is 5.23. The average Bonchev–Trinajstić information content (AvgIpc) is 2.26. The summed E-state index contributed by atoms with van der Waals surface area (Å²) in [4.78, 5) is 0. The Labute approximate surface area is 107 Å². The van der Waals surface area contributed by atoms with Crippen LogP contribution in [0.1, 0.15) is 19.3 Å². The van der Waals surface area contributed by atoms with Gasteiger partial charge < -0.3 is 10.6 Å². The van der Waals surface area contributed by atoms with Gasteiger partial charge in [0.2, 0.25) is 0 Å². The van der Waals surface area contributed by atoms with E-state index in [0.29, 0.717) is 10.7 Å². The summed E-state index contributed by atoms with van der Waals surface area (Å²) in [6.07, 6.45) is 3.66. The number of hydrogen-bond acceptors (Lipinski definition) is 2. The van der Waals surface area contributed by atoms with E-state index in [4.69, 9.17) is 11.6 Å². The van der Waals surface area contributed by atoms with Gasteiger partial charge in [-0.25, -0.2) is 4.39 Å². The van der Waals surface area contributed by atoms with Crippen molar-refractivity contribution in [1.82, 2.24) is 5.32 Å². The van der Waals surface area contributed by atoms with E-state index < -0.39 is 0 Å². The highest BCUT2D eigenvalue weighted by molar-refractivity contribution is 6.30. The molecule has 0 aromatic heterocycles. The molecule has 2 N–H and O–H groups in total. The Bertz CT molecular complexity index is 391. The van der Waals surface area contributed by atoms with Crippen molar-refractivity contribution in [3.05, 3.63) is 29.0 Å². The van der Waals surface area contributed by atoms with Crippen LogP contribution in [-0.2, 0) is 0 Å². The van der Waals surface area contributed by atoms with Gasteiger partial charge in [-0.1, -0.05) is 18.0 Å². The molecule has 0 unspecified atom stereocenters. The normalized spacial score (nSPS) is 17.6. The molecule has 1 fully saturated rings. The molecule has 0 amide bonds. The summed E-state index contributed by atoms with van der Waals surface area (Å²) in [5.74, 6) is -0.242. The zero-order valence-corrected chi connectivity index (χ0v) is 10.8. The van der Waals surface area contributed by atoms with Crippen LogP contribution in [0, 0.1) is 11.2 Å². The minimum Gasteiger partial charge on any atom is -0.382 e. The van der Waals surface area contributed by atoms with E-state index in [0.717, 1.165) is 13.1 Å². The molecule has 17 heavy (non-hydrogen) atoms. The molecule has 1 aliphatic carbocycles. The summed E-state index contributed by atoms with van der Waals surface area (Å²) in [5, 5.41) is 6.96. The number of benzene rings is 1. The molecule has 0 aliphatic heterocycles. The molecule has 0 saturated heterocycles. The zero-order chi connectivity index (χ0) is 12.3. The van der Waals surface area contributed by atoms with Gasteiger partial charge >= 0.3 is 0 Å². The van der Waals surface area contributed by atoms with E-state index in [1.165, 1.54) is 25.3 Å². The van der Waals surface area contributed by atoms with Crippen LogP contribution in [0.25, 0.3) is 0 Å². The molecular formula is C13H18ClFN2. The lowest BCUT2D eigenvalue weighted by atomic mass is 9.68. The van der Waals surface area contributed by atoms with Gasteiger partial charge in [0.15, 0.2) is 0 Å². The molecule has 0 bridgehead atoms. The van der Waals surface area contributed by atoms with Gasteiger partial charge in [-0.05, 0) is 38.1 Å². The lowest BCUT2D eigenvalue weighted by molar-refractivity contribution is 0.151. The molecule has 0 radical (unpaired) electrons. The van der Waals surface area contributed by atoms with Crippen molar-refractivity contribution in [2.45, 2.75) is 19.3 Å². The van der Waals surface area contributed by atoms with E-state index >= 15 is 0 Å². The van der Waals surface area contributed by atoms with Crippen LogP contribution in [0.5, 0.6) is 0 Å². The molecule has 1 aromatic rings. The summed E-state index contributed by atoms with van der Waals surface area (Å²) in [5.41, 5.74) is 0.781. The third-order valence-corrected chi connectivity index (χ3v) is 3.78. The molecule has 2 nitrogen and oxygen atoms in total. The Morgan fingerprint density at radius 1 is 1.35 bits per heavy atom. The minimum atomic E-state index is -0.242. The van der Waals surface area contributed by atoms with Crippen LogP contribution in [0.2, 0.25) is 5.02 Å². The molecule has 1 saturated carbocycles. The lowest BCUT2D eigenvalue weighted by Crippen LogP contribution is -2.44. The molecule has 1 aliphatic rings. The van der Waals surface area contributed by atoms with E-state index in [2.05, 4.69) is 10.6 Å². The van der Waals surface area contributed by atoms with Gasteiger partial charge in [-0.2, -0.15) is 0 Å². The molecule has 0 atom stereocenters. The number of halogens is 2. The van der Waals surface area contributed by atoms with Crippen molar-refractivity contribution in [3.8, 4) is 0 Å². The number of nitrogens with one attached hydrogen (secondary N) is 2. The van der Waals surface area contributed by atoms with E-state index in [9.17, 15) is 4.39 Å². The van der Waals surface area contributed by atoms with E-state index in [1.807, 2.05) is 7.05 Å². The van der Waals surface area contributed by atoms with Crippen molar-refractivity contribution in [1.29, 1.82) is 0 Å². The van der Waals surface area contributed by atoms with Gasteiger partial charge in [0, 0.05) is 23.5 Å². The monoisotopic (exact) mass is 256 g/mol. The van der Waals surface area contributed by atoms with Crippen molar-refractivity contribution in [3.63, 3.8) is 0 Å². The summed E-state index contributed by atoms with van der Waals surface area (Å²) in [6, 6.07) is 4.60. The van der Waals surface area contributed by atoms with Crippen LogP contribution in [-0.4, -0.2) is 20.1 Å². The predicted octanol–water partition coefficient (Wildman–Crippen LogP) is 3.28. The highest BCUT2D eigenvalue weighted by atomic mass is 35.5. The first-order valence-electron chi connectivity index (χ1n) is 5.99. The van der Waals surface area contributed by atoms with Crippen LogP contribution >= 0.6 is 11.6 Å². The van der Waals surface area contributed by atoms with Gasteiger partial charge in [0.25, 0.3) is 0 Å². The smallest absolute Gasteiger partial charge is 0.146 e. The molecule has 94 valence electrons. The first kappa shape index (κ1) is 12.7. The van der Waals surface area contributed by atoms with Crippen molar-refractivity contribution >= 4 is 17.3 Å². The molecule has 0 heterocycles. The maximum atomic E-state index is 13.5. The van der Waals surface area contributed by atoms with Crippen LogP contribution in [0.3, 0.4) is 0 Å². The topological polar surface area (TPSA) is 24.1 Å². The van der Waals surface area contributed by atoms with E-state index in [1.54, 1.807) is 12.1 Å². The number of rotatable bonds is 5. The Kier molecular flexibility index (Phi) is 3.89. The quantitative estimate of drug-likeness (QED) is 0.845. The van der Waals surface area contributed by atoms with Crippen LogP contribution in [0.4, 0.5) is 10.1 Å². The number of hydrogen-bond donors (Lipinski definition) is 2. The first-order valence-corrected chi connectivity index (χ1v) is 6.37. The highest BCUT2D eigenvalue weighted by Crippen LogP contribution is 2.40. The predicted molar refractivity (Wildman–Crippen MR) is 70.1 cm³/mol. The minimum absolute atomic E-state index is 0.242. The Balaban J connectivity index is 1.99. The van der Waals surface area contributed by atoms with Crippen LogP contribution in [0.15, 0.2) is 18.2 Å². The second-order valence-corrected chi connectivity index (χ2v) is 5.30. The molecule has 0 spiro atoms. The van der Waals surface area contributed by atoms with Crippen molar-refractivity contribution in [2.24, 2.45) is 5.41 Å². The van der Waals surface area contributed by atoms with Crippen molar-refractivity contribution < 1.29 is 4.39 Å². The summed E-state index contributed by atoms with van der Waals surface area (Å²) in [6.45, 7) is 1.77. The average molecular weight is 257 g/mol. The Hall–Kier alpha value is -0.800. The zero-order valence-electron chi connectivity index (χ0n) is 10.0. The standard InChI is InChI=1S/C13H18ClFN2/c1-16-8-13(5-2-6-13)9-17-12-7-10(14)3-4-11(12)15/h3-4,7,16-17H,2,5-6,8-9H2,1H3. The van der Waals surface area contributed by atoms with Crippen molar-refractivity contribution in [2.75, 3.05) is 25.5 Å². The summed E-state index contributed by atoms with van der Waals surface area (Å²) >= 11 is 5.86. The Morgan fingerprint density at radius 2 is 2.12 bits per heavy atom. The summed E-state index contributed by atoms with van der Waals surface area (Å²) < 4.78 is 13.5. The maximum absolute atomic E-state index is 13.5. The number of anilines is 1. The van der Waals surface area contributed by atoms with Crippen LogP contribution < -0.4 is 10.6 Å².